The summed E-state index contributed by atoms with van der Waals surface area (Å²) in [7, 11) is -3.93. The highest BCUT2D eigenvalue weighted by Crippen LogP contribution is 2.32. The molecule has 0 unspecified atom stereocenters. The molecule has 1 aromatic heterocycles. The molecule has 0 saturated heterocycles. The highest BCUT2D eigenvalue weighted by molar-refractivity contribution is 7.93. The van der Waals surface area contributed by atoms with E-state index in [2.05, 4.69) is 9.71 Å². The van der Waals surface area contributed by atoms with Gasteiger partial charge in [-0.1, -0.05) is 41.5 Å². The Labute approximate surface area is 147 Å². The number of thiazole rings is 1. The molecule has 6 nitrogen and oxygen atoms in total. The SMILES string of the molecule is CCc1sc(NS(=O)(=O)c2ccc(Cl)cc2Cl)nc1OC(C)=O. The number of nitrogens with zero attached hydrogens (tertiary/aromatic N) is 1. The van der Waals surface area contributed by atoms with Crippen molar-refractivity contribution in [1.82, 2.24) is 4.98 Å². The zero-order valence-corrected chi connectivity index (χ0v) is 15.2. The summed E-state index contributed by atoms with van der Waals surface area (Å²) >= 11 is 12.8. The number of nitrogens with one attached hydrogen (secondary N) is 1. The number of aromatic nitrogens is 1. The number of benzene rings is 1. The largest absolute Gasteiger partial charge is 0.406 e. The fourth-order valence-electron chi connectivity index (χ4n) is 1.68. The molecule has 2 rings (SSSR count). The average Bonchev–Trinajstić information content (AvgIpc) is 2.78. The van der Waals surface area contributed by atoms with Crippen LogP contribution in [-0.2, 0) is 21.2 Å². The minimum atomic E-state index is -3.93. The van der Waals surface area contributed by atoms with Crippen LogP contribution in [0.15, 0.2) is 23.1 Å². The Morgan fingerprint density at radius 3 is 2.65 bits per heavy atom. The topological polar surface area (TPSA) is 85.4 Å². The van der Waals surface area contributed by atoms with E-state index in [0.29, 0.717) is 16.3 Å². The average molecular weight is 395 g/mol. The lowest BCUT2D eigenvalue weighted by atomic mass is 10.4. The Kier molecular flexibility index (Phi) is 5.51. The summed E-state index contributed by atoms with van der Waals surface area (Å²) in [5, 5.41) is 0.412. The quantitative estimate of drug-likeness (QED) is 0.780. The molecule has 0 aliphatic carbocycles. The molecule has 0 aliphatic heterocycles. The van der Waals surface area contributed by atoms with Crippen LogP contribution < -0.4 is 9.46 Å². The lowest BCUT2D eigenvalue weighted by molar-refractivity contribution is -0.132. The van der Waals surface area contributed by atoms with Gasteiger partial charge in [0.2, 0.25) is 5.88 Å². The molecule has 0 radical (unpaired) electrons. The molecular formula is C13H12Cl2N2O4S2. The number of hydrogen-bond donors (Lipinski definition) is 1. The van der Waals surface area contributed by atoms with Crippen molar-refractivity contribution in [2.24, 2.45) is 0 Å². The summed E-state index contributed by atoms with van der Waals surface area (Å²) in [5.74, 6) is -0.426. The Balaban J connectivity index is 2.33. The maximum absolute atomic E-state index is 12.4. The lowest BCUT2D eigenvalue weighted by Gasteiger charge is -2.07. The van der Waals surface area contributed by atoms with Crippen LogP contribution in [0.3, 0.4) is 0 Å². The van der Waals surface area contributed by atoms with Gasteiger partial charge in [-0.15, -0.1) is 0 Å². The van der Waals surface area contributed by atoms with Gasteiger partial charge in [-0.2, -0.15) is 4.98 Å². The fourth-order valence-corrected chi connectivity index (χ4v) is 4.52. The van der Waals surface area contributed by atoms with Crippen molar-refractivity contribution >= 4 is 55.7 Å². The Bertz CT molecular complexity index is 850. The van der Waals surface area contributed by atoms with Crippen molar-refractivity contribution in [2.75, 3.05) is 4.72 Å². The van der Waals surface area contributed by atoms with Crippen molar-refractivity contribution in [2.45, 2.75) is 25.2 Å². The van der Waals surface area contributed by atoms with E-state index >= 15 is 0 Å². The predicted octanol–water partition coefficient (Wildman–Crippen LogP) is 3.74. The smallest absolute Gasteiger partial charge is 0.309 e. The van der Waals surface area contributed by atoms with Crippen LogP contribution in [-0.4, -0.2) is 19.4 Å². The molecule has 0 saturated carbocycles. The number of halogens is 2. The zero-order chi connectivity index (χ0) is 17.2. The second kappa shape index (κ2) is 7.04. The molecule has 0 atom stereocenters. The first-order valence-electron chi connectivity index (χ1n) is 6.39. The van der Waals surface area contributed by atoms with Gasteiger partial charge in [0.1, 0.15) is 4.90 Å². The number of aryl methyl sites for hydroxylation is 1. The molecule has 0 bridgehead atoms. The summed E-state index contributed by atoms with van der Waals surface area (Å²) in [4.78, 5) is 15.6. The number of carbonyl (C=O) groups excluding carboxylic acids is 1. The zero-order valence-electron chi connectivity index (χ0n) is 12.1. The van der Waals surface area contributed by atoms with Crippen LogP contribution in [0, 0.1) is 0 Å². The number of ether oxygens (including phenoxy) is 1. The van der Waals surface area contributed by atoms with Gasteiger partial charge >= 0.3 is 5.97 Å². The van der Waals surface area contributed by atoms with Crippen molar-refractivity contribution in [3.63, 3.8) is 0 Å². The molecular weight excluding hydrogens is 383 g/mol. The Hall–Kier alpha value is -1.35. The highest BCUT2D eigenvalue weighted by Gasteiger charge is 2.22. The third-order valence-corrected chi connectivity index (χ3v) is 5.91. The molecule has 0 amide bonds. The van der Waals surface area contributed by atoms with Crippen molar-refractivity contribution in [3.8, 4) is 5.88 Å². The van der Waals surface area contributed by atoms with E-state index in [4.69, 9.17) is 27.9 Å². The van der Waals surface area contributed by atoms with E-state index in [-0.39, 0.29) is 20.9 Å². The van der Waals surface area contributed by atoms with Gasteiger partial charge in [-0.05, 0) is 24.6 Å². The first-order chi connectivity index (χ1) is 10.7. The molecule has 1 heterocycles. The predicted molar refractivity (Wildman–Crippen MR) is 90.1 cm³/mol. The molecule has 0 fully saturated rings. The second-order valence-electron chi connectivity index (χ2n) is 4.37. The van der Waals surface area contributed by atoms with Gasteiger partial charge in [-0.25, -0.2) is 8.42 Å². The third kappa shape index (κ3) is 4.35. The minimum Gasteiger partial charge on any atom is -0.406 e. The number of anilines is 1. The van der Waals surface area contributed by atoms with Crippen LogP contribution in [0.25, 0.3) is 0 Å². The molecule has 2 aromatic rings. The van der Waals surface area contributed by atoms with Crippen molar-refractivity contribution < 1.29 is 17.9 Å². The van der Waals surface area contributed by atoms with E-state index in [9.17, 15) is 13.2 Å². The van der Waals surface area contributed by atoms with E-state index in [0.717, 1.165) is 11.3 Å². The van der Waals surface area contributed by atoms with Crippen LogP contribution in [0.4, 0.5) is 5.13 Å². The van der Waals surface area contributed by atoms with Crippen LogP contribution in [0.1, 0.15) is 18.7 Å². The summed E-state index contributed by atoms with van der Waals surface area (Å²) in [5.41, 5.74) is 0. The lowest BCUT2D eigenvalue weighted by Crippen LogP contribution is -2.13. The summed E-state index contributed by atoms with van der Waals surface area (Å²) in [6.07, 6.45) is 0.545. The minimum absolute atomic E-state index is 0.00233. The summed E-state index contributed by atoms with van der Waals surface area (Å²) < 4.78 is 32.1. The van der Waals surface area contributed by atoms with Crippen LogP contribution in [0.2, 0.25) is 10.0 Å². The number of hydrogen-bond acceptors (Lipinski definition) is 6. The van der Waals surface area contributed by atoms with Gasteiger partial charge in [0.05, 0.1) is 9.90 Å². The van der Waals surface area contributed by atoms with E-state index in [1.165, 1.54) is 25.1 Å². The Morgan fingerprint density at radius 2 is 2.09 bits per heavy atom. The van der Waals surface area contributed by atoms with Gasteiger partial charge in [-0.3, -0.25) is 9.52 Å². The van der Waals surface area contributed by atoms with Crippen LogP contribution >= 0.6 is 34.5 Å². The number of esters is 1. The maximum Gasteiger partial charge on any atom is 0.309 e. The summed E-state index contributed by atoms with van der Waals surface area (Å²) in [6.45, 7) is 3.09. The highest BCUT2D eigenvalue weighted by atomic mass is 35.5. The second-order valence-corrected chi connectivity index (χ2v) is 7.95. The van der Waals surface area contributed by atoms with E-state index < -0.39 is 16.0 Å². The van der Waals surface area contributed by atoms with Crippen molar-refractivity contribution in [3.05, 3.63) is 33.1 Å². The van der Waals surface area contributed by atoms with E-state index in [1.54, 1.807) is 0 Å². The van der Waals surface area contributed by atoms with Crippen molar-refractivity contribution in [1.29, 1.82) is 0 Å². The monoisotopic (exact) mass is 394 g/mol. The standard InChI is InChI=1S/C13H12Cl2N2O4S2/c1-3-10-12(21-7(2)18)16-13(22-10)17-23(19,20)11-5-4-8(14)6-9(11)15/h4-6H,3H2,1-2H3,(H,16,17). The van der Waals surface area contributed by atoms with E-state index in [1.807, 2.05) is 6.92 Å². The van der Waals surface area contributed by atoms with Gasteiger partial charge in [0.15, 0.2) is 5.13 Å². The maximum atomic E-state index is 12.4. The Morgan fingerprint density at radius 1 is 1.39 bits per heavy atom. The van der Waals surface area contributed by atoms with Gasteiger partial charge in [0.25, 0.3) is 10.0 Å². The third-order valence-electron chi connectivity index (χ3n) is 2.63. The molecule has 1 aromatic carbocycles. The normalized spacial score (nSPS) is 11.3. The molecule has 23 heavy (non-hydrogen) atoms. The molecule has 1 N–H and O–H groups in total. The van der Waals surface area contributed by atoms with Gasteiger partial charge in [0, 0.05) is 11.9 Å². The summed E-state index contributed by atoms with van der Waals surface area (Å²) in [6, 6.07) is 4.06. The molecule has 0 spiro atoms. The van der Waals surface area contributed by atoms with Crippen LogP contribution in [0.5, 0.6) is 5.88 Å². The first-order valence-corrected chi connectivity index (χ1v) is 9.44. The number of rotatable bonds is 5. The molecule has 124 valence electrons. The molecule has 0 aliphatic rings. The fraction of sp³-hybridized carbons (Fsp3) is 0.231. The number of sulfonamides is 1. The molecule has 10 heteroatoms. The first kappa shape index (κ1) is 18.0. The van der Waals surface area contributed by atoms with Gasteiger partial charge < -0.3 is 4.74 Å². The number of carbonyl (C=O) groups is 1.